The van der Waals surface area contributed by atoms with E-state index in [0.29, 0.717) is 0 Å². The molecule has 0 aliphatic heterocycles. The normalized spacial score (nSPS) is 13.4. The van der Waals surface area contributed by atoms with Crippen molar-refractivity contribution in [2.75, 3.05) is 0 Å². The summed E-state index contributed by atoms with van der Waals surface area (Å²) >= 11 is 0. The Hall–Kier alpha value is -1.82. The minimum atomic E-state index is 1.07. The van der Waals surface area contributed by atoms with E-state index >= 15 is 0 Å². The SMILES string of the molecule is Cc1ccc(C)c(C2=CCc3ccccc32)c1C. The third-order valence-corrected chi connectivity index (χ3v) is 4.05. The molecule has 2 aromatic rings. The van der Waals surface area contributed by atoms with Gasteiger partial charge in [0.05, 0.1) is 0 Å². The van der Waals surface area contributed by atoms with Gasteiger partial charge in [0.2, 0.25) is 0 Å². The van der Waals surface area contributed by atoms with Crippen LogP contribution in [-0.2, 0) is 6.42 Å². The molecular weight excluding hydrogens is 216 g/mol. The molecule has 0 nitrogen and oxygen atoms in total. The quantitative estimate of drug-likeness (QED) is 0.676. The summed E-state index contributed by atoms with van der Waals surface area (Å²) < 4.78 is 0. The Bertz CT molecular complexity index is 645. The molecule has 0 aromatic heterocycles. The number of hydrogen-bond donors (Lipinski definition) is 0. The van der Waals surface area contributed by atoms with Crippen LogP contribution >= 0.6 is 0 Å². The van der Waals surface area contributed by atoms with Crippen LogP contribution in [0.4, 0.5) is 0 Å². The molecule has 0 atom stereocenters. The van der Waals surface area contributed by atoms with Crippen molar-refractivity contribution in [1.29, 1.82) is 0 Å². The summed E-state index contributed by atoms with van der Waals surface area (Å²) in [6.07, 6.45) is 3.44. The number of rotatable bonds is 1. The van der Waals surface area contributed by atoms with E-state index in [1.807, 2.05) is 0 Å². The van der Waals surface area contributed by atoms with Gasteiger partial charge in [0.25, 0.3) is 0 Å². The average Bonchev–Trinajstić information content (AvgIpc) is 2.79. The molecule has 0 saturated carbocycles. The van der Waals surface area contributed by atoms with Gasteiger partial charge in [-0.3, -0.25) is 0 Å². The molecule has 0 spiro atoms. The Morgan fingerprint density at radius 3 is 2.39 bits per heavy atom. The number of benzene rings is 2. The van der Waals surface area contributed by atoms with Gasteiger partial charge in [-0.15, -0.1) is 0 Å². The summed E-state index contributed by atoms with van der Waals surface area (Å²) in [7, 11) is 0. The monoisotopic (exact) mass is 234 g/mol. The predicted octanol–water partition coefficient (Wildman–Crippen LogP) is 4.60. The smallest absolute Gasteiger partial charge is 0.00819 e. The number of allylic oxidation sites excluding steroid dienone is 1. The van der Waals surface area contributed by atoms with Crippen LogP contribution in [0.25, 0.3) is 5.57 Å². The van der Waals surface area contributed by atoms with Crippen LogP contribution in [-0.4, -0.2) is 0 Å². The Labute approximate surface area is 109 Å². The molecule has 1 aliphatic rings. The third kappa shape index (κ3) is 1.60. The maximum atomic E-state index is 2.37. The van der Waals surface area contributed by atoms with Crippen molar-refractivity contribution in [3.63, 3.8) is 0 Å². The molecule has 3 rings (SSSR count). The average molecular weight is 234 g/mol. The van der Waals surface area contributed by atoms with Gasteiger partial charge in [0.15, 0.2) is 0 Å². The summed E-state index contributed by atoms with van der Waals surface area (Å²) in [5, 5.41) is 0. The minimum Gasteiger partial charge on any atom is -0.0716 e. The molecule has 18 heavy (non-hydrogen) atoms. The Morgan fingerprint density at radius 1 is 0.833 bits per heavy atom. The number of hydrogen-bond acceptors (Lipinski definition) is 0. The largest absolute Gasteiger partial charge is 0.0716 e. The van der Waals surface area contributed by atoms with E-state index in [1.54, 1.807) is 0 Å². The second kappa shape index (κ2) is 4.13. The Balaban J connectivity index is 2.22. The van der Waals surface area contributed by atoms with Gasteiger partial charge in [0, 0.05) is 0 Å². The van der Waals surface area contributed by atoms with E-state index in [-0.39, 0.29) is 0 Å². The van der Waals surface area contributed by atoms with Gasteiger partial charge in [-0.2, -0.15) is 0 Å². The molecule has 0 bridgehead atoms. The molecule has 0 heteroatoms. The lowest BCUT2D eigenvalue weighted by Gasteiger charge is -2.15. The third-order valence-electron chi connectivity index (χ3n) is 4.05. The van der Waals surface area contributed by atoms with E-state index in [9.17, 15) is 0 Å². The first-order chi connectivity index (χ1) is 8.68. The summed E-state index contributed by atoms with van der Waals surface area (Å²) in [5.74, 6) is 0. The van der Waals surface area contributed by atoms with Gasteiger partial charge >= 0.3 is 0 Å². The van der Waals surface area contributed by atoms with Gasteiger partial charge in [0.1, 0.15) is 0 Å². The highest BCUT2D eigenvalue weighted by Crippen LogP contribution is 2.36. The number of fused-ring (bicyclic) bond motifs is 1. The van der Waals surface area contributed by atoms with Crippen molar-refractivity contribution in [3.8, 4) is 0 Å². The first kappa shape index (κ1) is 11.3. The Morgan fingerprint density at radius 2 is 1.56 bits per heavy atom. The lowest BCUT2D eigenvalue weighted by molar-refractivity contribution is 1.27. The predicted molar refractivity (Wildman–Crippen MR) is 77.9 cm³/mol. The second-order valence-electron chi connectivity index (χ2n) is 5.18. The molecule has 1 aliphatic carbocycles. The van der Waals surface area contributed by atoms with Crippen LogP contribution in [0, 0.1) is 20.8 Å². The van der Waals surface area contributed by atoms with Crippen LogP contribution < -0.4 is 0 Å². The minimum absolute atomic E-state index is 1.07. The van der Waals surface area contributed by atoms with Crippen LogP contribution in [0.2, 0.25) is 0 Å². The molecule has 0 N–H and O–H groups in total. The zero-order valence-electron chi connectivity index (χ0n) is 11.2. The van der Waals surface area contributed by atoms with Crippen LogP contribution in [0.5, 0.6) is 0 Å². The summed E-state index contributed by atoms with van der Waals surface area (Å²) in [6, 6.07) is 13.2. The molecule has 0 unspecified atom stereocenters. The fourth-order valence-corrected chi connectivity index (χ4v) is 2.89. The van der Waals surface area contributed by atoms with Gasteiger partial charge < -0.3 is 0 Å². The Kier molecular flexibility index (Phi) is 2.59. The lowest BCUT2D eigenvalue weighted by atomic mass is 9.90. The fraction of sp³-hybridized carbons (Fsp3) is 0.222. The van der Waals surface area contributed by atoms with E-state index < -0.39 is 0 Å². The van der Waals surface area contributed by atoms with E-state index in [0.717, 1.165) is 6.42 Å². The maximum Gasteiger partial charge on any atom is -0.00819 e. The standard InChI is InChI=1S/C18H18/c1-12-8-9-13(2)18(14(12)3)17-11-10-15-6-4-5-7-16(15)17/h4-9,11H,10H2,1-3H3. The van der Waals surface area contributed by atoms with Crippen molar-refractivity contribution >= 4 is 5.57 Å². The van der Waals surface area contributed by atoms with Crippen LogP contribution in [0.3, 0.4) is 0 Å². The van der Waals surface area contributed by atoms with Crippen molar-refractivity contribution in [1.82, 2.24) is 0 Å². The maximum absolute atomic E-state index is 2.37. The zero-order valence-corrected chi connectivity index (χ0v) is 11.2. The molecular formula is C18H18. The molecule has 0 heterocycles. The van der Waals surface area contributed by atoms with Gasteiger partial charge in [-0.05, 0) is 66.1 Å². The van der Waals surface area contributed by atoms with E-state index in [2.05, 4.69) is 63.2 Å². The van der Waals surface area contributed by atoms with Crippen molar-refractivity contribution < 1.29 is 0 Å². The van der Waals surface area contributed by atoms with Crippen molar-refractivity contribution in [2.45, 2.75) is 27.2 Å². The molecule has 0 radical (unpaired) electrons. The second-order valence-corrected chi connectivity index (χ2v) is 5.18. The molecule has 0 fully saturated rings. The molecule has 0 amide bonds. The summed E-state index contributed by atoms with van der Waals surface area (Å²) in [6.45, 7) is 6.64. The lowest BCUT2D eigenvalue weighted by Crippen LogP contribution is -1.96. The fourth-order valence-electron chi connectivity index (χ4n) is 2.89. The molecule has 90 valence electrons. The molecule has 0 saturated heterocycles. The highest BCUT2D eigenvalue weighted by Gasteiger charge is 2.18. The van der Waals surface area contributed by atoms with E-state index in [1.165, 1.54) is 39.0 Å². The highest BCUT2D eigenvalue weighted by atomic mass is 14.2. The van der Waals surface area contributed by atoms with Crippen molar-refractivity contribution in [3.05, 3.63) is 75.9 Å². The van der Waals surface area contributed by atoms with Crippen LogP contribution in [0.15, 0.2) is 42.5 Å². The van der Waals surface area contributed by atoms with E-state index in [4.69, 9.17) is 0 Å². The topological polar surface area (TPSA) is 0 Å². The van der Waals surface area contributed by atoms with Crippen molar-refractivity contribution in [2.24, 2.45) is 0 Å². The van der Waals surface area contributed by atoms with Gasteiger partial charge in [-0.25, -0.2) is 0 Å². The summed E-state index contributed by atoms with van der Waals surface area (Å²) in [4.78, 5) is 0. The summed E-state index contributed by atoms with van der Waals surface area (Å²) in [5.41, 5.74) is 9.88. The zero-order chi connectivity index (χ0) is 12.7. The first-order valence-electron chi connectivity index (χ1n) is 6.54. The van der Waals surface area contributed by atoms with Crippen LogP contribution in [0.1, 0.15) is 33.4 Å². The van der Waals surface area contributed by atoms with Gasteiger partial charge in [-0.1, -0.05) is 42.5 Å². The first-order valence-corrected chi connectivity index (χ1v) is 6.54. The molecule has 2 aromatic carbocycles. The highest BCUT2D eigenvalue weighted by molar-refractivity contribution is 5.87. The number of aryl methyl sites for hydroxylation is 2.